The zero-order chi connectivity index (χ0) is 9.97. The van der Waals surface area contributed by atoms with Gasteiger partial charge in [0.05, 0.1) is 5.56 Å². The van der Waals surface area contributed by atoms with E-state index < -0.39 is 0 Å². The van der Waals surface area contributed by atoms with Crippen LogP contribution < -0.4 is 0 Å². The molecule has 0 aliphatic carbocycles. The zero-order valence-corrected chi connectivity index (χ0v) is 7.74. The molecule has 1 aromatic heterocycles. The first kappa shape index (κ1) is 8.81. The van der Waals surface area contributed by atoms with Crippen molar-refractivity contribution in [3.63, 3.8) is 0 Å². The highest BCUT2D eigenvalue weighted by Crippen LogP contribution is 2.17. The van der Waals surface area contributed by atoms with E-state index in [1.807, 2.05) is 6.92 Å². The lowest BCUT2D eigenvalue weighted by Crippen LogP contribution is -1.91. The number of aryl methyl sites for hydroxylation is 1. The quantitative estimate of drug-likeness (QED) is 0.687. The molecule has 0 saturated carbocycles. The van der Waals surface area contributed by atoms with Crippen molar-refractivity contribution in [2.24, 2.45) is 0 Å². The highest BCUT2D eigenvalue weighted by Gasteiger charge is 2.05. The maximum Gasteiger partial charge on any atom is 0.162 e. The Morgan fingerprint density at radius 2 is 1.71 bits per heavy atom. The van der Waals surface area contributed by atoms with Gasteiger partial charge in [0.25, 0.3) is 0 Å². The third-order valence-electron chi connectivity index (χ3n) is 1.90. The SMILES string of the molecule is Cc1cnc(-c2ccccc2F)nc1. The molecule has 0 aliphatic heterocycles. The fourth-order valence-electron chi connectivity index (χ4n) is 1.17. The average Bonchev–Trinajstić information content (AvgIpc) is 2.20. The second-order valence-electron chi connectivity index (χ2n) is 3.06. The van der Waals surface area contributed by atoms with Crippen molar-refractivity contribution in [3.05, 3.63) is 48.0 Å². The molecule has 2 aromatic rings. The molecular weight excluding hydrogens is 179 g/mol. The van der Waals surface area contributed by atoms with Crippen molar-refractivity contribution in [2.75, 3.05) is 0 Å². The monoisotopic (exact) mass is 188 g/mol. The third-order valence-corrected chi connectivity index (χ3v) is 1.90. The first-order valence-corrected chi connectivity index (χ1v) is 4.31. The number of rotatable bonds is 1. The van der Waals surface area contributed by atoms with E-state index in [0.29, 0.717) is 11.4 Å². The van der Waals surface area contributed by atoms with Gasteiger partial charge < -0.3 is 0 Å². The molecular formula is C11H9FN2. The van der Waals surface area contributed by atoms with Gasteiger partial charge in [0.2, 0.25) is 0 Å². The van der Waals surface area contributed by atoms with Crippen LogP contribution in [-0.2, 0) is 0 Å². The molecule has 1 aromatic carbocycles. The predicted octanol–water partition coefficient (Wildman–Crippen LogP) is 2.59. The Balaban J connectivity index is 2.50. The normalized spacial score (nSPS) is 10.1. The molecule has 70 valence electrons. The Morgan fingerprint density at radius 3 is 2.36 bits per heavy atom. The van der Waals surface area contributed by atoms with Gasteiger partial charge >= 0.3 is 0 Å². The highest BCUT2D eigenvalue weighted by molar-refractivity contribution is 5.55. The van der Waals surface area contributed by atoms with Crippen molar-refractivity contribution in [1.82, 2.24) is 9.97 Å². The molecule has 0 fully saturated rings. The summed E-state index contributed by atoms with van der Waals surface area (Å²) in [6.07, 6.45) is 3.35. The van der Waals surface area contributed by atoms with Gasteiger partial charge in [-0.15, -0.1) is 0 Å². The minimum Gasteiger partial charge on any atom is -0.236 e. The van der Waals surface area contributed by atoms with Crippen molar-refractivity contribution in [3.8, 4) is 11.4 Å². The molecule has 2 nitrogen and oxygen atoms in total. The Hall–Kier alpha value is -1.77. The number of hydrogen-bond acceptors (Lipinski definition) is 2. The molecule has 0 bridgehead atoms. The Kier molecular flexibility index (Phi) is 2.23. The molecule has 14 heavy (non-hydrogen) atoms. The van der Waals surface area contributed by atoms with E-state index >= 15 is 0 Å². The fraction of sp³-hybridized carbons (Fsp3) is 0.0909. The summed E-state index contributed by atoms with van der Waals surface area (Å²) in [7, 11) is 0. The van der Waals surface area contributed by atoms with Gasteiger partial charge in [0.15, 0.2) is 5.82 Å². The molecule has 2 rings (SSSR count). The molecule has 0 spiro atoms. The molecule has 0 N–H and O–H groups in total. The number of nitrogens with zero attached hydrogens (tertiary/aromatic N) is 2. The summed E-state index contributed by atoms with van der Waals surface area (Å²) in [5.74, 6) is 0.130. The van der Waals surface area contributed by atoms with Crippen LogP contribution in [0.2, 0.25) is 0 Å². The average molecular weight is 188 g/mol. The lowest BCUT2D eigenvalue weighted by molar-refractivity contribution is 0.630. The summed E-state index contributed by atoms with van der Waals surface area (Å²) < 4.78 is 13.3. The lowest BCUT2D eigenvalue weighted by atomic mass is 10.2. The Morgan fingerprint density at radius 1 is 1.07 bits per heavy atom. The van der Waals surface area contributed by atoms with E-state index in [1.165, 1.54) is 6.07 Å². The van der Waals surface area contributed by atoms with Gasteiger partial charge in [-0.1, -0.05) is 12.1 Å². The van der Waals surface area contributed by atoms with Crippen LogP contribution in [0.5, 0.6) is 0 Å². The number of aromatic nitrogens is 2. The molecule has 0 aliphatic rings. The second kappa shape index (κ2) is 3.54. The maximum atomic E-state index is 13.3. The zero-order valence-electron chi connectivity index (χ0n) is 7.74. The summed E-state index contributed by atoms with van der Waals surface area (Å²) in [4.78, 5) is 8.12. The first-order valence-electron chi connectivity index (χ1n) is 4.31. The van der Waals surface area contributed by atoms with E-state index in [2.05, 4.69) is 9.97 Å². The topological polar surface area (TPSA) is 25.8 Å². The van der Waals surface area contributed by atoms with Crippen LogP contribution >= 0.6 is 0 Å². The fourth-order valence-corrected chi connectivity index (χ4v) is 1.17. The smallest absolute Gasteiger partial charge is 0.162 e. The van der Waals surface area contributed by atoms with Crippen LogP contribution in [0.3, 0.4) is 0 Å². The van der Waals surface area contributed by atoms with Crippen molar-refractivity contribution in [1.29, 1.82) is 0 Å². The number of benzene rings is 1. The van der Waals surface area contributed by atoms with Crippen molar-refractivity contribution >= 4 is 0 Å². The molecule has 0 radical (unpaired) electrons. The van der Waals surface area contributed by atoms with Crippen molar-refractivity contribution in [2.45, 2.75) is 6.92 Å². The van der Waals surface area contributed by atoms with Crippen LogP contribution in [0.1, 0.15) is 5.56 Å². The second-order valence-corrected chi connectivity index (χ2v) is 3.06. The van der Waals surface area contributed by atoms with Crippen LogP contribution in [0.15, 0.2) is 36.7 Å². The van der Waals surface area contributed by atoms with Gasteiger partial charge in [-0.2, -0.15) is 0 Å². The maximum absolute atomic E-state index is 13.3. The van der Waals surface area contributed by atoms with Crippen LogP contribution in [0, 0.1) is 12.7 Å². The predicted molar refractivity (Wildman–Crippen MR) is 52.2 cm³/mol. The lowest BCUT2D eigenvalue weighted by Gasteiger charge is -2.00. The summed E-state index contributed by atoms with van der Waals surface area (Å²) in [6.45, 7) is 1.89. The summed E-state index contributed by atoms with van der Waals surface area (Å²) in [6, 6.07) is 6.48. The van der Waals surface area contributed by atoms with E-state index in [0.717, 1.165) is 5.56 Å². The molecule has 0 unspecified atom stereocenters. The molecule has 0 atom stereocenters. The van der Waals surface area contributed by atoms with Crippen LogP contribution in [-0.4, -0.2) is 9.97 Å². The number of halogens is 1. The largest absolute Gasteiger partial charge is 0.236 e. The highest BCUT2D eigenvalue weighted by atomic mass is 19.1. The summed E-state index contributed by atoms with van der Waals surface area (Å²) >= 11 is 0. The van der Waals surface area contributed by atoms with Crippen molar-refractivity contribution < 1.29 is 4.39 Å². The first-order chi connectivity index (χ1) is 6.77. The third kappa shape index (κ3) is 1.62. The minimum atomic E-state index is -0.295. The molecule has 0 saturated heterocycles. The van der Waals surface area contributed by atoms with E-state index in [9.17, 15) is 4.39 Å². The molecule has 1 heterocycles. The van der Waals surface area contributed by atoms with Crippen LogP contribution in [0.4, 0.5) is 4.39 Å². The molecule has 0 amide bonds. The summed E-state index contributed by atoms with van der Waals surface area (Å²) in [5, 5.41) is 0. The van der Waals surface area contributed by atoms with E-state index in [1.54, 1.807) is 30.6 Å². The van der Waals surface area contributed by atoms with Gasteiger partial charge in [-0.25, -0.2) is 14.4 Å². The van der Waals surface area contributed by atoms with Gasteiger partial charge in [-0.3, -0.25) is 0 Å². The summed E-state index contributed by atoms with van der Waals surface area (Å²) in [5.41, 5.74) is 1.40. The minimum absolute atomic E-state index is 0.295. The van der Waals surface area contributed by atoms with E-state index in [-0.39, 0.29) is 5.82 Å². The van der Waals surface area contributed by atoms with Gasteiger partial charge in [0.1, 0.15) is 5.82 Å². The standard InChI is InChI=1S/C11H9FN2/c1-8-6-13-11(14-7-8)9-4-2-3-5-10(9)12/h2-7H,1H3. The van der Waals surface area contributed by atoms with Gasteiger partial charge in [0, 0.05) is 12.4 Å². The van der Waals surface area contributed by atoms with E-state index in [4.69, 9.17) is 0 Å². The van der Waals surface area contributed by atoms with Gasteiger partial charge in [-0.05, 0) is 24.6 Å². The Labute approximate surface area is 81.5 Å². The molecule has 3 heteroatoms. The Bertz CT molecular complexity index is 437. The van der Waals surface area contributed by atoms with Crippen LogP contribution in [0.25, 0.3) is 11.4 Å². The number of hydrogen-bond donors (Lipinski definition) is 0.